The Morgan fingerprint density at radius 3 is 2.67 bits per heavy atom. The molecule has 10 heteroatoms. The van der Waals surface area contributed by atoms with E-state index in [-0.39, 0.29) is 18.7 Å². The molecule has 148 valence electrons. The molecule has 0 spiro atoms. The average Bonchev–Trinajstić information content (AvgIpc) is 3.00. The number of piperazine rings is 1. The first-order valence-electron chi connectivity index (χ1n) is 8.92. The highest BCUT2D eigenvalue weighted by Gasteiger charge is 2.25. The lowest BCUT2D eigenvalue weighted by Crippen LogP contribution is -2.45. The molecule has 1 atom stereocenters. The fraction of sp³-hybridized carbons (Fsp3) is 0.588. The molecule has 0 aliphatic carbocycles. The van der Waals surface area contributed by atoms with E-state index in [4.69, 9.17) is 4.74 Å². The number of nitrogens with one attached hydrogen (secondary N) is 1. The molecule has 1 saturated heterocycles. The van der Waals surface area contributed by atoms with Crippen LogP contribution in [0.3, 0.4) is 0 Å². The van der Waals surface area contributed by atoms with Crippen molar-refractivity contribution in [3.8, 4) is 0 Å². The number of nitrogens with zero attached hydrogens (tertiary/aromatic N) is 5. The highest BCUT2D eigenvalue weighted by Crippen LogP contribution is 2.21. The molecular formula is C17H26N6O4. The molecule has 0 amide bonds. The standard InChI is InChI=1S/C17H26N6O4/c1-4-9-27-11-12(24)10-23-13-14(21(3)17(26)19-15(13)25)18-16(23)22-7-5-20(2)6-8-22/h4,12,24H,1,5-11H2,2-3H3,(H,19,25,26)/t12-/m1/s1. The number of aromatic amines is 1. The average molecular weight is 378 g/mol. The summed E-state index contributed by atoms with van der Waals surface area (Å²) in [5.41, 5.74) is -0.456. The number of hydrogen-bond donors (Lipinski definition) is 2. The van der Waals surface area contributed by atoms with Crippen LogP contribution in [0.15, 0.2) is 22.2 Å². The minimum absolute atomic E-state index is 0.109. The van der Waals surface area contributed by atoms with E-state index in [0.717, 1.165) is 26.2 Å². The van der Waals surface area contributed by atoms with Crippen LogP contribution in [0.1, 0.15) is 0 Å². The number of likely N-dealkylation sites (N-methyl/N-ethyl adjacent to an activating group) is 1. The van der Waals surface area contributed by atoms with E-state index >= 15 is 0 Å². The van der Waals surface area contributed by atoms with Crippen LogP contribution in [-0.4, -0.2) is 81.7 Å². The quantitative estimate of drug-likeness (QED) is 0.457. The van der Waals surface area contributed by atoms with Crippen molar-refractivity contribution in [1.29, 1.82) is 0 Å². The maximum Gasteiger partial charge on any atom is 0.329 e. The van der Waals surface area contributed by atoms with Crippen LogP contribution < -0.4 is 16.1 Å². The molecule has 10 nitrogen and oxygen atoms in total. The molecule has 3 rings (SSSR count). The van der Waals surface area contributed by atoms with Crippen LogP contribution in [-0.2, 0) is 18.3 Å². The van der Waals surface area contributed by atoms with Crippen molar-refractivity contribution in [3.05, 3.63) is 33.5 Å². The van der Waals surface area contributed by atoms with Gasteiger partial charge in [-0.1, -0.05) is 6.08 Å². The summed E-state index contributed by atoms with van der Waals surface area (Å²) in [6.07, 6.45) is 0.778. The van der Waals surface area contributed by atoms with E-state index in [0.29, 0.717) is 18.2 Å². The number of hydrogen-bond acceptors (Lipinski definition) is 7. The second-order valence-electron chi connectivity index (χ2n) is 6.78. The Bertz CT molecular complexity index is 922. The van der Waals surface area contributed by atoms with Crippen molar-refractivity contribution in [2.45, 2.75) is 12.6 Å². The fourth-order valence-corrected chi connectivity index (χ4v) is 3.19. The normalized spacial score (nSPS) is 16.8. The van der Waals surface area contributed by atoms with Gasteiger partial charge < -0.3 is 24.2 Å². The Morgan fingerprint density at radius 1 is 1.30 bits per heavy atom. The van der Waals surface area contributed by atoms with Crippen LogP contribution in [0.25, 0.3) is 11.2 Å². The van der Waals surface area contributed by atoms with Crippen LogP contribution >= 0.6 is 0 Å². The molecule has 0 unspecified atom stereocenters. The molecule has 1 fully saturated rings. The summed E-state index contributed by atoms with van der Waals surface area (Å²) in [4.78, 5) is 35.6. The first-order chi connectivity index (χ1) is 12.9. The summed E-state index contributed by atoms with van der Waals surface area (Å²) >= 11 is 0. The van der Waals surface area contributed by atoms with Gasteiger partial charge in [0.2, 0.25) is 5.95 Å². The van der Waals surface area contributed by atoms with Gasteiger partial charge in [-0.3, -0.25) is 14.3 Å². The van der Waals surface area contributed by atoms with Gasteiger partial charge >= 0.3 is 5.69 Å². The van der Waals surface area contributed by atoms with Crippen LogP contribution in [0.4, 0.5) is 5.95 Å². The Kier molecular flexibility index (Phi) is 5.78. The number of aromatic nitrogens is 4. The third-order valence-corrected chi connectivity index (χ3v) is 4.71. The second-order valence-corrected chi connectivity index (χ2v) is 6.78. The Labute approximate surface area is 156 Å². The van der Waals surface area contributed by atoms with Crippen molar-refractivity contribution in [3.63, 3.8) is 0 Å². The number of aliphatic hydroxyl groups excluding tert-OH is 1. The topological polar surface area (TPSA) is 109 Å². The van der Waals surface area contributed by atoms with Gasteiger partial charge in [-0.25, -0.2) is 4.79 Å². The number of ether oxygens (including phenoxy) is 1. The minimum atomic E-state index is -0.829. The number of imidazole rings is 1. The second kappa shape index (κ2) is 8.07. The van der Waals surface area contributed by atoms with Gasteiger partial charge in [0.25, 0.3) is 5.56 Å². The summed E-state index contributed by atoms with van der Waals surface area (Å²) < 4.78 is 8.31. The van der Waals surface area contributed by atoms with Crippen molar-refractivity contribution in [2.75, 3.05) is 51.3 Å². The van der Waals surface area contributed by atoms with Gasteiger partial charge in [0, 0.05) is 33.2 Å². The predicted octanol–water partition coefficient (Wildman–Crippen LogP) is -1.26. The van der Waals surface area contributed by atoms with Crippen molar-refractivity contribution in [1.82, 2.24) is 24.0 Å². The molecule has 0 radical (unpaired) electrons. The minimum Gasteiger partial charge on any atom is -0.389 e. The van der Waals surface area contributed by atoms with Crippen LogP contribution in [0, 0.1) is 0 Å². The molecule has 3 heterocycles. The maximum atomic E-state index is 12.5. The van der Waals surface area contributed by atoms with Crippen molar-refractivity contribution in [2.24, 2.45) is 7.05 Å². The van der Waals surface area contributed by atoms with E-state index in [9.17, 15) is 14.7 Å². The summed E-state index contributed by atoms with van der Waals surface area (Å²) in [6, 6.07) is 0. The molecule has 0 aromatic carbocycles. The lowest BCUT2D eigenvalue weighted by atomic mass is 10.3. The van der Waals surface area contributed by atoms with Gasteiger partial charge in [-0.05, 0) is 7.05 Å². The molecule has 1 aliphatic rings. The number of aryl methyl sites for hydroxylation is 1. The molecular weight excluding hydrogens is 352 g/mol. The van der Waals surface area contributed by atoms with Crippen molar-refractivity contribution < 1.29 is 9.84 Å². The van der Waals surface area contributed by atoms with E-state index < -0.39 is 17.4 Å². The molecule has 1 aliphatic heterocycles. The van der Waals surface area contributed by atoms with Crippen LogP contribution in [0.2, 0.25) is 0 Å². The van der Waals surface area contributed by atoms with E-state index in [2.05, 4.69) is 33.4 Å². The Hall–Kier alpha value is -2.43. The summed E-state index contributed by atoms with van der Waals surface area (Å²) in [6.45, 7) is 7.37. The number of fused-ring (bicyclic) bond motifs is 1. The zero-order valence-electron chi connectivity index (χ0n) is 15.7. The van der Waals surface area contributed by atoms with Crippen molar-refractivity contribution >= 4 is 17.1 Å². The summed E-state index contributed by atoms with van der Waals surface area (Å²) in [5, 5.41) is 10.4. The van der Waals surface area contributed by atoms with Gasteiger partial charge in [0.15, 0.2) is 11.2 Å². The molecule has 0 bridgehead atoms. The monoisotopic (exact) mass is 378 g/mol. The summed E-state index contributed by atoms with van der Waals surface area (Å²) in [5.74, 6) is 0.576. The third-order valence-electron chi connectivity index (χ3n) is 4.71. The molecule has 27 heavy (non-hydrogen) atoms. The van der Waals surface area contributed by atoms with Gasteiger partial charge in [0.05, 0.1) is 25.9 Å². The van der Waals surface area contributed by atoms with E-state index in [1.54, 1.807) is 17.7 Å². The third kappa shape index (κ3) is 3.97. The van der Waals surface area contributed by atoms with Crippen LogP contribution in [0.5, 0.6) is 0 Å². The lowest BCUT2D eigenvalue weighted by molar-refractivity contribution is 0.0404. The molecule has 2 aromatic rings. The highest BCUT2D eigenvalue weighted by atomic mass is 16.5. The van der Waals surface area contributed by atoms with Gasteiger partial charge in [-0.2, -0.15) is 4.98 Å². The summed E-state index contributed by atoms with van der Waals surface area (Å²) in [7, 11) is 3.62. The molecule has 2 N–H and O–H groups in total. The van der Waals surface area contributed by atoms with E-state index in [1.165, 1.54) is 4.57 Å². The van der Waals surface area contributed by atoms with Gasteiger partial charge in [0.1, 0.15) is 0 Å². The highest BCUT2D eigenvalue weighted by molar-refractivity contribution is 5.74. The molecule has 0 saturated carbocycles. The Balaban J connectivity index is 2.03. The van der Waals surface area contributed by atoms with Gasteiger partial charge in [-0.15, -0.1) is 6.58 Å². The zero-order chi connectivity index (χ0) is 19.6. The number of aliphatic hydroxyl groups is 1. The lowest BCUT2D eigenvalue weighted by Gasteiger charge is -2.33. The fourth-order valence-electron chi connectivity index (χ4n) is 3.19. The number of anilines is 1. The first-order valence-corrected chi connectivity index (χ1v) is 8.92. The SMILES string of the molecule is C=CCOC[C@H](O)Cn1c(N2CCN(C)CC2)nc2c1c(=O)[nH]c(=O)n2C. The predicted molar refractivity (Wildman–Crippen MR) is 102 cm³/mol. The maximum absolute atomic E-state index is 12.5. The largest absolute Gasteiger partial charge is 0.389 e. The smallest absolute Gasteiger partial charge is 0.329 e. The number of rotatable bonds is 7. The first kappa shape index (κ1) is 19.3. The Morgan fingerprint density at radius 2 is 2.00 bits per heavy atom. The number of H-pyrrole nitrogens is 1. The zero-order valence-corrected chi connectivity index (χ0v) is 15.7. The molecule has 2 aromatic heterocycles. The van der Waals surface area contributed by atoms with E-state index in [1.807, 2.05) is 0 Å².